The summed E-state index contributed by atoms with van der Waals surface area (Å²) in [4.78, 5) is 12.5. The molecule has 0 spiro atoms. The van der Waals surface area contributed by atoms with Crippen LogP contribution in [-0.2, 0) is 16.4 Å². The van der Waals surface area contributed by atoms with Gasteiger partial charge in [-0.1, -0.05) is 23.2 Å². The van der Waals surface area contributed by atoms with Crippen LogP contribution in [0.2, 0.25) is 10.0 Å². The molecule has 1 N–H and O–H groups in total. The summed E-state index contributed by atoms with van der Waals surface area (Å²) in [6.07, 6.45) is 1.50. The van der Waals surface area contributed by atoms with Gasteiger partial charge in [0.05, 0.1) is 22.0 Å². The van der Waals surface area contributed by atoms with Crippen LogP contribution in [0.3, 0.4) is 0 Å². The molecule has 0 saturated carbocycles. The standard InChI is InChI=1S/C18H18Cl2N2O3S/c1-2-26(24,25)22-9-3-4-12-10-14(6-8-17(12)22)21-18(23)15-11-13(19)5-7-16(15)20/h5-8,10-11H,2-4,9H2,1H3,(H,21,23). The normalized spacial score (nSPS) is 14.0. The van der Waals surface area contributed by atoms with Gasteiger partial charge in [-0.25, -0.2) is 8.42 Å². The molecule has 8 heteroatoms. The van der Waals surface area contributed by atoms with Crippen LogP contribution in [0, 0.1) is 0 Å². The van der Waals surface area contributed by atoms with E-state index >= 15 is 0 Å². The minimum atomic E-state index is -3.31. The predicted molar refractivity (Wildman–Crippen MR) is 106 cm³/mol. The smallest absolute Gasteiger partial charge is 0.257 e. The minimum Gasteiger partial charge on any atom is -0.322 e. The Balaban J connectivity index is 1.87. The fraction of sp³-hybridized carbons (Fsp3) is 0.278. The first kappa shape index (κ1) is 19.0. The molecule has 26 heavy (non-hydrogen) atoms. The lowest BCUT2D eigenvalue weighted by Gasteiger charge is -2.30. The number of hydrogen-bond donors (Lipinski definition) is 1. The van der Waals surface area contributed by atoms with Crippen molar-refractivity contribution in [3.05, 3.63) is 57.6 Å². The summed E-state index contributed by atoms with van der Waals surface area (Å²) in [6.45, 7) is 2.11. The van der Waals surface area contributed by atoms with E-state index in [0.29, 0.717) is 28.0 Å². The van der Waals surface area contributed by atoms with E-state index in [1.807, 2.05) is 6.07 Å². The van der Waals surface area contributed by atoms with Gasteiger partial charge in [0.25, 0.3) is 5.91 Å². The summed E-state index contributed by atoms with van der Waals surface area (Å²) in [5, 5.41) is 3.53. The highest BCUT2D eigenvalue weighted by atomic mass is 35.5. The number of halogens is 2. The predicted octanol–water partition coefficient (Wildman–Crippen LogP) is 4.35. The van der Waals surface area contributed by atoms with E-state index in [9.17, 15) is 13.2 Å². The number of sulfonamides is 1. The van der Waals surface area contributed by atoms with Crippen LogP contribution < -0.4 is 9.62 Å². The molecule has 3 rings (SSSR count). The molecule has 1 aliphatic heterocycles. The molecular weight excluding hydrogens is 395 g/mol. The van der Waals surface area contributed by atoms with Gasteiger partial charge in [0, 0.05) is 17.3 Å². The number of carbonyl (C=O) groups excluding carboxylic acids is 1. The third-order valence-corrected chi connectivity index (χ3v) is 6.63. The highest BCUT2D eigenvalue weighted by Crippen LogP contribution is 2.32. The van der Waals surface area contributed by atoms with E-state index in [1.165, 1.54) is 10.4 Å². The zero-order chi connectivity index (χ0) is 18.9. The van der Waals surface area contributed by atoms with Crippen LogP contribution in [-0.4, -0.2) is 26.6 Å². The molecule has 2 aromatic carbocycles. The van der Waals surface area contributed by atoms with Gasteiger partial charge in [-0.3, -0.25) is 9.10 Å². The first-order valence-corrected chi connectivity index (χ1v) is 10.6. The van der Waals surface area contributed by atoms with Crippen LogP contribution in [0.25, 0.3) is 0 Å². The summed E-state index contributed by atoms with van der Waals surface area (Å²) < 4.78 is 26.0. The Bertz CT molecular complexity index is 961. The highest BCUT2D eigenvalue weighted by molar-refractivity contribution is 7.92. The Morgan fingerprint density at radius 2 is 1.96 bits per heavy atom. The van der Waals surface area contributed by atoms with Crippen molar-refractivity contribution >= 4 is 50.5 Å². The summed E-state index contributed by atoms with van der Waals surface area (Å²) in [7, 11) is -3.31. The maximum atomic E-state index is 12.5. The van der Waals surface area contributed by atoms with Crippen molar-refractivity contribution < 1.29 is 13.2 Å². The molecule has 138 valence electrons. The molecule has 0 unspecified atom stereocenters. The van der Waals surface area contributed by atoms with E-state index in [-0.39, 0.29) is 17.2 Å². The van der Waals surface area contributed by atoms with Crippen molar-refractivity contribution in [3.8, 4) is 0 Å². The van der Waals surface area contributed by atoms with E-state index in [2.05, 4.69) is 5.32 Å². The van der Waals surface area contributed by atoms with Gasteiger partial charge in [-0.05, 0) is 61.7 Å². The van der Waals surface area contributed by atoms with Crippen LogP contribution >= 0.6 is 23.2 Å². The molecule has 0 saturated heterocycles. The molecule has 0 radical (unpaired) electrons. The maximum Gasteiger partial charge on any atom is 0.257 e. The number of benzene rings is 2. The topological polar surface area (TPSA) is 66.5 Å². The summed E-state index contributed by atoms with van der Waals surface area (Å²) in [6, 6.07) is 9.92. The number of nitrogens with one attached hydrogen (secondary N) is 1. The monoisotopic (exact) mass is 412 g/mol. The number of nitrogens with zero attached hydrogens (tertiary/aromatic N) is 1. The van der Waals surface area contributed by atoms with Crippen molar-refractivity contribution in [3.63, 3.8) is 0 Å². The summed E-state index contributed by atoms with van der Waals surface area (Å²) >= 11 is 12.0. The molecule has 1 aliphatic rings. The van der Waals surface area contributed by atoms with Crippen molar-refractivity contribution in [2.75, 3.05) is 21.9 Å². The first-order valence-electron chi connectivity index (χ1n) is 8.21. The zero-order valence-corrected chi connectivity index (χ0v) is 16.5. The Labute approximate surface area is 163 Å². The van der Waals surface area contributed by atoms with Crippen LogP contribution in [0.1, 0.15) is 29.3 Å². The lowest BCUT2D eigenvalue weighted by molar-refractivity contribution is 0.102. The van der Waals surface area contributed by atoms with Gasteiger partial charge >= 0.3 is 0 Å². The quantitative estimate of drug-likeness (QED) is 0.811. The van der Waals surface area contributed by atoms with E-state index in [0.717, 1.165) is 18.4 Å². The average molecular weight is 413 g/mol. The molecule has 0 aliphatic carbocycles. The first-order chi connectivity index (χ1) is 12.3. The molecule has 0 atom stereocenters. The van der Waals surface area contributed by atoms with Crippen LogP contribution in [0.4, 0.5) is 11.4 Å². The number of amides is 1. The van der Waals surface area contributed by atoms with E-state index < -0.39 is 10.0 Å². The molecular formula is C18H18Cl2N2O3S. The van der Waals surface area contributed by atoms with E-state index in [1.54, 1.807) is 31.2 Å². The molecule has 0 fully saturated rings. The third kappa shape index (κ3) is 3.82. The number of fused-ring (bicyclic) bond motifs is 1. The van der Waals surface area contributed by atoms with Crippen LogP contribution in [0.5, 0.6) is 0 Å². The number of aryl methyl sites for hydroxylation is 1. The molecule has 0 aromatic heterocycles. The largest absolute Gasteiger partial charge is 0.322 e. The number of anilines is 2. The van der Waals surface area contributed by atoms with Gasteiger partial charge < -0.3 is 5.32 Å². The second-order valence-corrected chi connectivity index (χ2v) is 9.02. The Morgan fingerprint density at radius 1 is 1.19 bits per heavy atom. The second-order valence-electron chi connectivity index (χ2n) is 6.00. The van der Waals surface area contributed by atoms with Gasteiger partial charge in [-0.2, -0.15) is 0 Å². The SMILES string of the molecule is CCS(=O)(=O)N1CCCc2cc(NC(=O)c3cc(Cl)ccc3Cl)ccc21. The minimum absolute atomic E-state index is 0.0538. The van der Waals surface area contributed by atoms with Gasteiger partial charge in [0.1, 0.15) is 0 Å². The van der Waals surface area contributed by atoms with E-state index in [4.69, 9.17) is 23.2 Å². The molecule has 2 aromatic rings. The van der Waals surface area contributed by atoms with Crippen molar-refractivity contribution in [1.82, 2.24) is 0 Å². The fourth-order valence-electron chi connectivity index (χ4n) is 2.96. The second kappa shape index (κ2) is 7.47. The molecule has 1 amide bonds. The fourth-order valence-corrected chi connectivity index (χ4v) is 4.53. The molecule has 1 heterocycles. The summed E-state index contributed by atoms with van der Waals surface area (Å²) in [5.74, 6) is -0.315. The average Bonchev–Trinajstić information content (AvgIpc) is 2.62. The Hall–Kier alpha value is -1.76. The number of hydrogen-bond acceptors (Lipinski definition) is 3. The lowest BCUT2D eigenvalue weighted by Crippen LogP contribution is -2.36. The van der Waals surface area contributed by atoms with Gasteiger partial charge in [0.15, 0.2) is 0 Å². The zero-order valence-electron chi connectivity index (χ0n) is 14.1. The lowest BCUT2D eigenvalue weighted by atomic mass is 10.0. The third-order valence-electron chi connectivity index (χ3n) is 4.29. The van der Waals surface area contributed by atoms with Crippen molar-refractivity contribution in [2.24, 2.45) is 0 Å². The summed E-state index contributed by atoms with van der Waals surface area (Å²) in [5.41, 5.74) is 2.44. The highest BCUT2D eigenvalue weighted by Gasteiger charge is 2.26. The van der Waals surface area contributed by atoms with Crippen LogP contribution in [0.15, 0.2) is 36.4 Å². The number of carbonyl (C=O) groups is 1. The van der Waals surface area contributed by atoms with Crippen molar-refractivity contribution in [2.45, 2.75) is 19.8 Å². The maximum absolute atomic E-state index is 12.5. The molecule has 5 nitrogen and oxygen atoms in total. The number of rotatable bonds is 4. The Morgan fingerprint density at radius 3 is 2.69 bits per heavy atom. The molecule has 0 bridgehead atoms. The van der Waals surface area contributed by atoms with Gasteiger partial charge in [-0.15, -0.1) is 0 Å². The van der Waals surface area contributed by atoms with Crippen molar-refractivity contribution in [1.29, 1.82) is 0 Å². The Kier molecular flexibility index (Phi) is 5.46. The van der Waals surface area contributed by atoms with Gasteiger partial charge in [0.2, 0.25) is 10.0 Å².